The first-order chi connectivity index (χ1) is 9.76. The van der Waals surface area contributed by atoms with E-state index in [1.807, 2.05) is 29.1 Å². The van der Waals surface area contributed by atoms with E-state index >= 15 is 0 Å². The third-order valence-electron chi connectivity index (χ3n) is 3.63. The summed E-state index contributed by atoms with van der Waals surface area (Å²) in [6, 6.07) is 10.4. The number of hydrogen-bond donors (Lipinski definition) is 1. The molecule has 20 heavy (non-hydrogen) atoms. The molecule has 0 bridgehead atoms. The Labute approximate surface area is 121 Å². The molecule has 0 aliphatic carbocycles. The normalized spacial score (nSPS) is 12.8. The van der Waals surface area contributed by atoms with Gasteiger partial charge in [-0.3, -0.25) is 4.90 Å². The van der Waals surface area contributed by atoms with Crippen LogP contribution in [0.4, 0.5) is 0 Å². The van der Waals surface area contributed by atoms with Gasteiger partial charge in [-0.15, -0.1) is 0 Å². The van der Waals surface area contributed by atoms with E-state index in [4.69, 9.17) is 5.73 Å². The van der Waals surface area contributed by atoms with Gasteiger partial charge in [0.05, 0.1) is 11.9 Å². The van der Waals surface area contributed by atoms with Crippen LogP contribution in [-0.2, 0) is 0 Å². The van der Waals surface area contributed by atoms with Crippen LogP contribution < -0.4 is 5.73 Å². The van der Waals surface area contributed by atoms with Crippen molar-refractivity contribution in [2.24, 2.45) is 5.73 Å². The van der Waals surface area contributed by atoms with Gasteiger partial charge >= 0.3 is 0 Å². The molecule has 1 aromatic carbocycles. The Morgan fingerprint density at radius 3 is 2.70 bits per heavy atom. The van der Waals surface area contributed by atoms with Crippen molar-refractivity contribution >= 4 is 0 Å². The Kier molecular flexibility index (Phi) is 5.32. The fraction of sp³-hybridized carbons (Fsp3) is 0.438. The highest BCUT2D eigenvalue weighted by Crippen LogP contribution is 2.19. The van der Waals surface area contributed by atoms with Crippen LogP contribution in [-0.4, -0.2) is 34.8 Å². The van der Waals surface area contributed by atoms with Crippen LogP contribution >= 0.6 is 0 Å². The molecule has 0 fully saturated rings. The average Bonchev–Trinajstić information content (AvgIpc) is 2.96. The van der Waals surface area contributed by atoms with Gasteiger partial charge in [-0.2, -0.15) is 5.10 Å². The second kappa shape index (κ2) is 7.22. The first-order valence-electron chi connectivity index (χ1n) is 7.26. The molecule has 0 aliphatic rings. The molecule has 0 aliphatic heterocycles. The Hall–Kier alpha value is -1.65. The maximum Gasteiger partial charge on any atom is 0.0645 e. The summed E-state index contributed by atoms with van der Waals surface area (Å²) in [4.78, 5) is 2.32. The molecule has 2 rings (SSSR count). The van der Waals surface area contributed by atoms with E-state index < -0.39 is 0 Å². The van der Waals surface area contributed by atoms with Crippen LogP contribution in [0, 0.1) is 0 Å². The highest BCUT2D eigenvalue weighted by molar-refractivity contribution is 5.31. The standard InChI is InChI=1S/C16H24N4/c1-3-4-10-19(2)16(11-17)14-12-18-20(13-14)15-8-6-5-7-9-15/h5-9,12-13,16H,3-4,10-11,17H2,1-2H3. The van der Waals surface area contributed by atoms with Gasteiger partial charge in [0.15, 0.2) is 0 Å². The number of unbranched alkanes of at least 4 members (excludes halogenated alkanes) is 1. The van der Waals surface area contributed by atoms with E-state index in [1.165, 1.54) is 18.4 Å². The van der Waals surface area contributed by atoms with E-state index in [-0.39, 0.29) is 6.04 Å². The molecule has 0 amide bonds. The maximum atomic E-state index is 5.95. The van der Waals surface area contributed by atoms with Gasteiger partial charge in [0, 0.05) is 24.3 Å². The molecule has 4 nitrogen and oxygen atoms in total. The highest BCUT2D eigenvalue weighted by atomic mass is 15.3. The van der Waals surface area contributed by atoms with E-state index in [1.54, 1.807) is 0 Å². The van der Waals surface area contributed by atoms with Crippen molar-refractivity contribution in [3.05, 3.63) is 48.3 Å². The minimum atomic E-state index is 0.235. The summed E-state index contributed by atoms with van der Waals surface area (Å²) >= 11 is 0. The van der Waals surface area contributed by atoms with Gasteiger partial charge < -0.3 is 5.73 Å². The van der Waals surface area contributed by atoms with Crippen molar-refractivity contribution in [1.82, 2.24) is 14.7 Å². The Balaban J connectivity index is 2.14. The lowest BCUT2D eigenvalue weighted by Gasteiger charge is -2.25. The summed E-state index contributed by atoms with van der Waals surface area (Å²) in [5, 5.41) is 4.45. The second-order valence-electron chi connectivity index (χ2n) is 5.14. The molecule has 2 aromatic rings. The van der Waals surface area contributed by atoms with Gasteiger partial charge in [-0.25, -0.2) is 4.68 Å². The van der Waals surface area contributed by atoms with Gasteiger partial charge in [-0.05, 0) is 32.1 Å². The van der Waals surface area contributed by atoms with Crippen LogP contribution in [0.2, 0.25) is 0 Å². The van der Waals surface area contributed by atoms with Crippen LogP contribution in [0.25, 0.3) is 5.69 Å². The predicted octanol–water partition coefficient (Wildman–Crippen LogP) is 2.60. The van der Waals surface area contributed by atoms with Crippen LogP contribution in [0.3, 0.4) is 0 Å². The molecule has 0 saturated heterocycles. The number of nitrogens with two attached hydrogens (primary N) is 1. The molecule has 1 aromatic heterocycles. The summed E-state index contributed by atoms with van der Waals surface area (Å²) in [6.45, 7) is 3.88. The third-order valence-corrected chi connectivity index (χ3v) is 3.63. The molecule has 108 valence electrons. The zero-order valence-electron chi connectivity index (χ0n) is 12.4. The molecule has 2 N–H and O–H groups in total. The molecule has 0 saturated carbocycles. The second-order valence-corrected chi connectivity index (χ2v) is 5.14. The molecule has 4 heteroatoms. The van der Waals surface area contributed by atoms with Crippen LogP contribution in [0.5, 0.6) is 0 Å². The first kappa shape index (κ1) is 14.8. The molecule has 1 unspecified atom stereocenters. The lowest BCUT2D eigenvalue weighted by molar-refractivity contribution is 0.246. The zero-order valence-corrected chi connectivity index (χ0v) is 12.4. The van der Waals surface area contributed by atoms with E-state index in [2.05, 4.69) is 42.3 Å². The fourth-order valence-electron chi connectivity index (χ4n) is 2.36. The minimum Gasteiger partial charge on any atom is -0.329 e. The lowest BCUT2D eigenvalue weighted by Crippen LogP contribution is -2.31. The number of aromatic nitrogens is 2. The summed E-state index contributed by atoms with van der Waals surface area (Å²) in [6.07, 6.45) is 6.40. The largest absolute Gasteiger partial charge is 0.329 e. The molecule has 0 radical (unpaired) electrons. The number of hydrogen-bond acceptors (Lipinski definition) is 3. The maximum absolute atomic E-state index is 5.95. The van der Waals surface area contributed by atoms with Crippen LogP contribution in [0.1, 0.15) is 31.4 Å². The smallest absolute Gasteiger partial charge is 0.0645 e. The van der Waals surface area contributed by atoms with Crippen molar-refractivity contribution in [2.45, 2.75) is 25.8 Å². The van der Waals surface area contributed by atoms with Gasteiger partial charge in [0.1, 0.15) is 0 Å². The van der Waals surface area contributed by atoms with E-state index in [9.17, 15) is 0 Å². The average molecular weight is 272 g/mol. The summed E-state index contributed by atoms with van der Waals surface area (Å²) in [7, 11) is 2.13. The number of likely N-dealkylation sites (N-methyl/N-ethyl adjacent to an activating group) is 1. The highest BCUT2D eigenvalue weighted by Gasteiger charge is 2.17. The monoisotopic (exact) mass is 272 g/mol. The van der Waals surface area contributed by atoms with E-state index in [0.717, 1.165) is 12.2 Å². The van der Waals surface area contributed by atoms with Crippen molar-refractivity contribution in [2.75, 3.05) is 20.1 Å². The molecular weight excluding hydrogens is 248 g/mol. The van der Waals surface area contributed by atoms with Crippen LogP contribution in [0.15, 0.2) is 42.7 Å². The number of rotatable bonds is 7. The molecule has 1 heterocycles. The lowest BCUT2D eigenvalue weighted by atomic mass is 10.1. The van der Waals surface area contributed by atoms with Crippen molar-refractivity contribution in [1.29, 1.82) is 0 Å². The van der Waals surface area contributed by atoms with Gasteiger partial charge in [0.25, 0.3) is 0 Å². The van der Waals surface area contributed by atoms with Crippen molar-refractivity contribution < 1.29 is 0 Å². The minimum absolute atomic E-state index is 0.235. The first-order valence-corrected chi connectivity index (χ1v) is 7.26. The zero-order chi connectivity index (χ0) is 14.4. The third kappa shape index (κ3) is 3.46. The molecular formula is C16H24N4. The summed E-state index contributed by atoms with van der Waals surface area (Å²) in [5.74, 6) is 0. The Bertz CT molecular complexity index is 506. The van der Waals surface area contributed by atoms with Crippen molar-refractivity contribution in [3.8, 4) is 5.69 Å². The quantitative estimate of drug-likeness (QED) is 0.843. The number of nitrogens with zero attached hydrogens (tertiary/aromatic N) is 3. The van der Waals surface area contributed by atoms with Gasteiger partial charge in [-0.1, -0.05) is 31.5 Å². The SMILES string of the molecule is CCCCN(C)C(CN)c1cnn(-c2ccccc2)c1. The molecule has 1 atom stereocenters. The van der Waals surface area contributed by atoms with Gasteiger partial charge in [0.2, 0.25) is 0 Å². The Morgan fingerprint density at radius 2 is 2.05 bits per heavy atom. The summed E-state index contributed by atoms with van der Waals surface area (Å²) in [5.41, 5.74) is 8.20. The number of benzene rings is 1. The Morgan fingerprint density at radius 1 is 1.30 bits per heavy atom. The number of para-hydroxylation sites is 1. The summed E-state index contributed by atoms with van der Waals surface area (Å²) < 4.78 is 1.91. The molecule has 0 spiro atoms. The predicted molar refractivity (Wildman–Crippen MR) is 82.9 cm³/mol. The van der Waals surface area contributed by atoms with E-state index in [0.29, 0.717) is 6.54 Å². The van der Waals surface area contributed by atoms with Crippen molar-refractivity contribution in [3.63, 3.8) is 0 Å². The topological polar surface area (TPSA) is 47.1 Å². The fourth-order valence-corrected chi connectivity index (χ4v) is 2.36.